The summed E-state index contributed by atoms with van der Waals surface area (Å²) in [5.41, 5.74) is -1.54. The zero-order chi connectivity index (χ0) is 17.8. The van der Waals surface area contributed by atoms with Crippen molar-refractivity contribution in [3.63, 3.8) is 0 Å². The fraction of sp³-hybridized carbons (Fsp3) is 0.900. The van der Waals surface area contributed by atoms with Gasteiger partial charge in [0, 0.05) is 11.3 Å². The second-order valence-electron chi connectivity index (χ2n) is 9.95. The number of aliphatic carboxylic acids is 1. The topological polar surface area (TPSA) is 83.8 Å². The number of fused-ring (bicyclic) bond motifs is 1. The molecule has 138 valence electrons. The van der Waals surface area contributed by atoms with Crippen molar-refractivity contribution in [2.45, 2.75) is 58.5 Å². The van der Waals surface area contributed by atoms with Gasteiger partial charge in [0.25, 0.3) is 0 Å². The van der Waals surface area contributed by atoms with E-state index in [2.05, 4.69) is 6.92 Å². The molecule has 9 atom stereocenters. The molecule has 1 spiro atoms. The van der Waals surface area contributed by atoms with Gasteiger partial charge in [-0.05, 0) is 68.6 Å². The van der Waals surface area contributed by atoms with Crippen LogP contribution in [0.3, 0.4) is 0 Å². The summed E-state index contributed by atoms with van der Waals surface area (Å²) < 4.78 is 5.64. The molecule has 4 saturated carbocycles. The van der Waals surface area contributed by atoms with Crippen LogP contribution in [-0.2, 0) is 14.3 Å². The Labute approximate surface area is 148 Å². The molecular weight excluding hydrogens is 320 g/mol. The number of ether oxygens (including phenoxy) is 1. The fourth-order valence-electron chi connectivity index (χ4n) is 8.54. The molecule has 5 aliphatic rings. The van der Waals surface area contributed by atoms with E-state index in [4.69, 9.17) is 4.74 Å². The van der Waals surface area contributed by atoms with Gasteiger partial charge in [-0.15, -0.1) is 0 Å². The van der Waals surface area contributed by atoms with E-state index in [0.29, 0.717) is 30.8 Å². The normalized spacial score (nSPS) is 59.1. The average molecular weight is 348 g/mol. The Kier molecular flexibility index (Phi) is 2.96. The number of carbonyl (C=O) groups is 2. The van der Waals surface area contributed by atoms with E-state index in [1.54, 1.807) is 6.92 Å². The summed E-state index contributed by atoms with van der Waals surface area (Å²) in [6, 6.07) is 0. The Morgan fingerprint density at radius 3 is 2.68 bits per heavy atom. The van der Waals surface area contributed by atoms with Gasteiger partial charge in [0.05, 0.1) is 24.0 Å². The highest BCUT2D eigenvalue weighted by Crippen LogP contribution is 2.78. The van der Waals surface area contributed by atoms with Crippen molar-refractivity contribution in [3.8, 4) is 0 Å². The quantitative estimate of drug-likeness (QED) is 0.711. The van der Waals surface area contributed by atoms with Gasteiger partial charge in [0.2, 0.25) is 0 Å². The van der Waals surface area contributed by atoms with Crippen molar-refractivity contribution < 1.29 is 24.5 Å². The molecule has 1 saturated heterocycles. The molecule has 0 radical (unpaired) electrons. The summed E-state index contributed by atoms with van der Waals surface area (Å²) in [5.74, 6) is -0.492. The number of cyclic esters (lactones) is 1. The van der Waals surface area contributed by atoms with E-state index in [1.165, 1.54) is 6.42 Å². The molecule has 2 N–H and O–H groups in total. The van der Waals surface area contributed by atoms with Crippen LogP contribution >= 0.6 is 0 Å². The summed E-state index contributed by atoms with van der Waals surface area (Å²) in [6.45, 7) is 4.40. The highest BCUT2D eigenvalue weighted by atomic mass is 16.5. The van der Waals surface area contributed by atoms with Crippen LogP contribution in [0.25, 0.3) is 0 Å². The minimum absolute atomic E-state index is 0.210. The summed E-state index contributed by atoms with van der Waals surface area (Å²) in [4.78, 5) is 25.3. The largest absolute Gasteiger partial charge is 0.481 e. The molecule has 25 heavy (non-hydrogen) atoms. The maximum atomic E-state index is 12.7. The zero-order valence-electron chi connectivity index (χ0n) is 15.0. The standard InChI is InChI=1S/C20H28O5/c1-10-7-20-8-11(10)3-4-12(20)19-6-5-13(21)18(2,17(24)25-9-19)15(19)14(20)16(22)23/h10-15,21H,3-9H2,1-2H3,(H,22,23)/t10-,11+,12?,13-,14+,15+,18?,19-,20-/m0/s1. The number of carboxylic acids is 1. The lowest BCUT2D eigenvalue weighted by Gasteiger charge is -2.57. The number of carbonyl (C=O) groups excluding carboxylic acids is 1. The lowest BCUT2D eigenvalue weighted by Crippen LogP contribution is -2.63. The molecule has 4 bridgehead atoms. The van der Waals surface area contributed by atoms with Gasteiger partial charge in [-0.25, -0.2) is 0 Å². The van der Waals surface area contributed by atoms with Crippen LogP contribution in [0, 0.1) is 45.8 Å². The van der Waals surface area contributed by atoms with Gasteiger partial charge in [0.15, 0.2) is 0 Å². The Morgan fingerprint density at radius 2 is 1.96 bits per heavy atom. The maximum absolute atomic E-state index is 12.7. The monoisotopic (exact) mass is 348 g/mol. The van der Waals surface area contributed by atoms with Crippen molar-refractivity contribution in [1.29, 1.82) is 0 Å². The molecule has 1 aliphatic heterocycles. The first-order valence-corrected chi connectivity index (χ1v) is 9.85. The van der Waals surface area contributed by atoms with Crippen molar-refractivity contribution in [2.24, 2.45) is 45.8 Å². The fourth-order valence-corrected chi connectivity index (χ4v) is 8.54. The van der Waals surface area contributed by atoms with Crippen LogP contribution < -0.4 is 0 Å². The van der Waals surface area contributed by atoms with Gasteiger partial charge in [-0.1, -0.05) is 6.92 Å². The van der Waals surface area contributed by atoms with Gasteiger partial charge in [-0.3, -0.25) is 9.59 Å². The summed E-state index contributed by atoms with van der Waals surface area (Å²) >= 11 is 0. The Bertz CT molecular complexity index is 656. The maximum Gasteiger partial charge on any atom is 0.314 e. The predicted octanol–water partition coefficient (Wildman–Crippen LogP) is 2.46. The Hall–Kier alpha value is -1.10. The Morgan fingerprint density at radius 1 is 1.20 bits per heavy atom. The third-order valence-corrected chi connectivity index (χ3v) is 9.33. The van der Waals surface area contributed by atoms with Crippen LogP contribution in [0.5, 0.6) is 0 Å². The second kappa shape index (κ2) is 4.59. The molecule has 4 aliphatic carbocycles. The smallest absolute Gasteiger partial charge is 0.314 e. The van der Waals surface area contributed by atoms with Gasteiger partial charge in [-0.2, -0.15) is 0 Å². The van der Waals surface area contributed by atoms with E-state index < -0.39 is 23.4 Å². The summed E-state index contributed by atoms with van der Waals surface area (Å²) in [5, 5.41) is 21.0. The molecular formula is C20H28O5. The van der Waals surface area contributed by atoms with Crippen molar-refractivity contribution in [1.82, 2.24) is 0 Å². The highest BCUT2D eigenvalue weighted by Gasteiger charge is 2.79. The number of rotatable bonds is 1. The van der Waals surface area contributed by atoms with Crippen molar-refractivity contribution in [2.75, 3.05) is 6.61 Å². The average Bonchev–Trinajstić information content (AvgIpc) is 2.97. The molecule has 0 aromatic heterocycles. The molecule has 0 aromatic rings. The van der Waals surface area contributed by atoms with Crippen LogP contribution in [0.4, 0.5) is 0 Å². The van der Waals surface area contributed by atoms with Gasteiger partial charge in [0.1, 0.15) is 0 Å². The summed E-state index contributed by atoms with van der Waals surface area (Å²) in [6.07, 6.45) is 4.73. The molecule has 1 heterocycles. The molecule has 0 aromatic carbocycles. The molecule has 0 amide bonds. The van der Waals surface area contributed by atoms with Gasteiger partial charge >= 0.3 is 11.9 Å². The number of hydrogen-bond acceptors (Lipinski definition) is 4. The molecule has 5 nitrogen and oxygen atoms in total. The molecule has 5 fully saturated rings. The van der Waals surface area contributed by atoms with E-state index in [-0.39, 0.29) is 22.7 Å². The minimum Gasteiger partial charge on any atom is -0.481 e. The molecule has 5 rings (SSSR count). The summed E-state index contributed by atoms with van der Waals surface area (Å²) in [7, 11) is 0. The van der Waals surface area contributed by atoms with Gasteiger partial charge < -0.3 is 14.9 Å². The minimum atomic E-state index is -1.08. The second-order valence-corrected chi connectivity index (χ2v) is 9.95. The van der Waals surface area contributed by atoms with Crippen molar-refractivity contribution in [3.05, 3.63) is 0 Å². The number of carboxylic acid groups (broad SMARTS) is 1. The van der Waals surface area contributed by atoms with E-state index >= 15 is 0 Å². The Balaban J connectivity index is 1.75. The van der Waals surface area contributed by atoms with Crippen LogP contribution in [0.1, 0.15) is 52.4 Å². The van der Waals surface area contributed by atoms with E-state index in [1.807, 2.05) is 0 Å². The number of aliphatic hydroxyl groups is 1. The van der Waals surface area contributed by atoms with Crippen LogP contribution in [-0.4, -0.2) is 34.9 Å². The van der Waals surface area contributed by atoms with E-state index in [0.717, 1.165) is 25.7 Å². The number of hydrogen-bond donors (Lipinski definition) is 2. The highest BCUT2D eigenvalue weighted by molar-refractivity contribution is 5.82. The molecule has 5 heteroatoms. The predicted molar refractivity (Wildman–Crippen MR) is 88.4 cm³/mol. The number of esters is 1. The van der Waals surface area contributed by atoms with Crippen molar-refractivity contribution >= 4 is 11.9 Å². The lowest BCUT2D eigenvalue weighted by molar-refractivity contribution is -0.220. The zero-order valence-corrected chi connectivity index (χ0v) is 15.0. The van der Waals surface area contributed by atoms with E-state index in [9.17, 15) is 19.8 Å². The molecule has 2 unspecified atom stereocenters. The number of aliphatic hydroxyl groups excluding tert-OH is 1. The first kappa shape index (κ1) is 16.1. The third kappa shape index (κ3) is 1.57. The first-order valence-electron chi connectivity index (χ1n) is 9.85. The van der Waals surface area contributed by atoms with Crippen LogP contribution in [0.2, 0.25) is 0 Å². The third-order valence-electron chi connectivity index (χ3n) is 9.33. The lowest BCUT2D eigenvalue weighted by atomic mass is 9.50. The SMILES string of the molecule is C[C@H]1C[C@]23C[C@H]1CCC2[C@]12CC[C@H](O)C(C)(C(=O)OC1)[C@H]2[C@@H]3C(=O)O. The first-order chi connectivity index (χ1) is 11.8. The van der Waals surface area contributed by atoms with Crippen LogP contribution in [0.15, 0.2) is 0 Å².